The molecule has 1 aliphatic heterocycles. The lowest BCUT2D eigenvalue weighted by atomic mass is 9.86. The fourth-order valence-electron chi connectivity index (χ4n) is 4.67. The van der Waals surface area contributed by atoms with Crippen LogP contribution in [0.25, 0.3) is 0 Å². The molecular weight excluding hydrogens is 412 g/mol. The number of rotatable bonds is 19. The number of hydrogen-bond acceptors (Lipinski definition) is 4. The summed E-state index contributed by atoms with van der Waals surface area (Å²) >= 11 is 0. The molecule has 1 aliphatic rings. The van der Waals surface area contributed by atoms with Gasteiger partial charge in [0.15, 0.2) is 0 Å². The van der Waals surface area contributed by atoms with E-state index in [1.165, 1.54) is 57.8 Å². The summed E-state index contributed by atoms with van der Waals surface area (Å²) < 4.78 is 11.4. The van der Waals surface area contributed by atoms with Gasteiger partial charge in [0.1, 0.15) is 12.2 Å². The highest BCUT2D eigenvalue weighted by molar-refractivity contribution is 5.89. The summed E-state index contributed by atoms with van der Waals surface area (Å²) in [5.41, 5.74) is 0.580. The van der Waals surface area contributed by atoms with Crippen LogP contribution < -0.4 is 0 Å². The minimum absolute atomic E-state index is 0.0251. The average Bonchev–Trinajstić information content (AvgIpc) is 2.82. The molecule has 0 radical (unpaired) electrons. The minimum Gasteiger partial charge on any atom is -0.461 e. The molecule has 2 rings (SSSR count). The molecule has 1 aromatic rings. The number of cyclic esters (lactones) is 1. The molecule has 0 aromatic heterocycles. The summed E-state index contributed by atoms with van der Waals surface area (Å²) in [4.78, 5) is 24.7. The van der Waals surface area contributed by atoms with Crippen molar-refractivity contribution in [3.8, 4) is 0 Å². The first kappa shape index (κ1) is 27.4. The molecule has 33 heavy (non-hydrogen) atoms. The summed E-state index contributed by atoms with van der Waals surface area (Å²) in [7, 11) is 0. The highest BCUT2D eigenvalue weighted by Crippen LogP contribution is 2.32. The van der Waals surface area contributed by atoms with Crippen LogP contribution in [0.1, 0.15) is 127 Å². The van der Waals surface area contributed by atoms with E-state index < -0.39 is 0 Å². The molecule has 0 aliphatic carbocycles. The number of hydrogen-bond donors (Lipinski definition) is 0. The monoisotopic (exact) mass is 458 g/mol. The van der Waals surface area contributed by atoms with Crippen LogP contribution in [0.15, 0.2) is 30.3 Å². The van der Waals surface area contributed by atoms with Gasteiger partial charge in [0.2, 0.25) is 0 Å². The highest BCUT2D eigenvalue weighted by Gasteiger charge is 2.43. The maximum Gasteiger partial charge on any atom is 0.338 e. The molecule has 4 heteroatoms. The molecule has 0 N–H and O–H groups in total. The second-order valence-electron chi connectivity index (χ2n) is 9.68. The Bertz CT molecular complexity index is 657. The summed E-state index contributed by atoms with van der Waals surface area (Å²) in [5, 5.41) is 0. The third kappa shape index (κ3) is 10.8. The molecule has 0 bridgehead atoms. The quantitative estimate of drug-likeness (QED) is 0.155. The van der Waals surface area contributed by atoms with E-state index in [-0.39, 0.29) is 30.1 Å². The summed E-state index contributed by atoms with van der Waals surface area (Å²) in [6, 6.07) is 9.18. The standard InChI is InChI=1S/C29H46O4/c1-3-5-7-9-10-11-12-13-17-21-25(32-28(30)24-19-15-14-16-20-24)23-27-26(29(31)33-27)22-18-8-6-4-2/h14-16,19-20,25-27H,3-13,17-18,21-23H2,1-2H3/t25-,26+,27+/m1/s1. The average molecular weight is 459 g/mol. The number of carbonyl (C=O) groups is 2. The van der Waals surface area contributed by atoms with E-state index in [1.54, 1.807) is 12.1 Å². The Morgan fingerprint density at radius 3 is 2.03 bits per heavy atom. The second-order valence-corrected chi connectivity index (χ2v) is 9.68. The van der Waals surface area contributed by atoms with Gasteiger partial charge in [-0.05, 0) is 31.4 Å². The van der Waals surface area contributed by atoms with Crippen molar-refractivity contribution in [3.63, 3.8) is 0 Å². The minimum atomic E-state index is -0.276. The van der Waals surface area contributed by atoms with Crippen LogP contribution in [0.2, 0.25) is 0 Å². The van der Waals surface area contributed by atoms with Crippen LogP contribution in [0.3, 0.4) is 0 Å². The maximum absolute atomic E-state index is 12.7. The van der Waals surface area contributed by atoms with Crippen molar-refractivity contribution < 1.29 is 19.1 Å². The van der Waals surface area contributed by atoms with Crippen LogP contribution in [-0.4, -0.2) is 24.1 Å². The summed E-state index contributed by atoms with van der Waals surface area (Å²) in [6.45, 7) is 4.44. The lowest BCUT2D eigenvalue weighted by Gasteiger charge is -2.37. The van der Waals surface area contributed by atoms with Crippen LogP contribution >= 0.6 is 0 Å². The zero-order valence-corrected chi connectivity index (χ0v) is 21.1. The molecule has 1 fully saturated rings. The molecule has 3 atom stereocenters. The van der Waals surface area contributed by atoms with Gasteiger partial charge in [0, 0.05) is 6.42 Å². The van der Waals surface area contributed by atoms with Gasteiger partial charge in [0.05, 0.1) is 11.5 Å². The van der Waals surface area contributed by atoms with E-state index in [4.69, 9.17) is 9.47 Å². The molecule has 1 saturated heterocycles. The van der Waals surface area contributed by atoms with Crippen LogP contribution in [0.4, 0.5) is 0 Å². The van der Waals surface area contributed by atoms with Crippen molar-refractivity contribution in [2.75, 3.05) is 0 Å². The Hall–Kier alpha value is -1.84. The zero-order chi connectivity index (χ0) is 23.7. The summed E-state index contributed by atoms with van der Waals surface area (Å²) in [5.74, 6) is -0.378. The topological polar surface area (TPSA) is 52.6 Å². The van der Waals surface area contributed by atoms with Crippen molar-refractivity contribution in [1.82, 2.24) is 0 Å². The van der Waals surface area contributed by atoms with E-state index in [0.29, 0.717) is 12.0 Å². The SMILES string of the molecule is CCCCCCCCCCC[C@H](C[C@@H]1OC(=O)[C@H]1CCCCCC)OC(=O)c1ccccc1. The third-order valence-corrected chi connectivity index (χ3v) is 6.80. The van der Waals surface area contributed by atoms with Gasteiger partial charge >= 0.3 is 11.9 Å². The van der Waals surface area contributed by atoms with Crippen LogP contribution in [0.5, 0.6) is 0 Å². The van der Waals surface area contributed by atoms with Gasteiger partial charge in [0.25, 0.3) is 0 Å². The molecule has 0 amide bonds. The first-order valence-corrected chi connectivity index (χ1v) is 13.6. The molecule has 186 valence electrons. The number of carbonyl (C=O) groups excluding carboxylic acids is 2. The molecule has 1 aromatic carbocycles. The van der Waals surface area contributed by atoms with Crippen molar-refractivity contribution in [3.05, 3.63) is 35.9 Å². The largest absolute Gasteiger partial charge is 0.461 e. The predicted molar refractivity (Wildman–Crippen MR) is 134 cm³/mol. The Morgan fingerprint density at radius 1 is 0.848 bits per heavy atom. The zero-order valence-electron chi connectivity index (χ0n) is 21.1. The Labute approximate surface area is 201 Å². The first-order chi connectivity index (χ1) is 16.2. The highest BCUT2D eigenvalue weighted by atomic mass is 16.6. The van der Waals surface area contributed by atoms with Gasteiger partial charge in [-0.25, -0.2) is 4.79 Å². The smallest absolute Gasteiger partial charge is 0.338 e. The maximum atomic E-state index is 12.7. The van der Waals surface area contributed by atoms with Gasteiger partial charge in [-0.15, -0.1) is 0 Å². The van der Waals surface area contributed by atoms with E-state index in [9.17, 15) is 9.59 Å². The molecule has 1 heterocycles. The van der Waals surface area contributed by atoms with Crippen LogP contribution in [0, 0.1) is 5.92 Å². The number of benzene rings is 1. The Kier molecular flexibility index (Phi) is 13.9. The van der Waals surface area contributed by atoms with Gasteiger partial charge in [-0.1, -0.05) is 109 Å². The molecular formula is C29H46O4. The van der Waals surface area contributed by atoms with E-state index >= 15 is 0 Å². The van der Waals surface area contributed by atoms with Crippen molar-refractivity contribution in [1.29, 1.82) is 0 Å². The molecule has 4 nitrogen and oxygen atoms in total. The van der Waals surface area contributed by atoms with E-state index in [1.807, 2.05) is 18.2 Å². The fourth-order valence-corrected chi connectivity index (χ4v) is 4.67. The Balaban J connectivity index is 1.79. The van der Waals surface area contributed by atoms with E-state index in [0.717, 1.165) is 38.5 Å². The predicted octanol–water partition coefficient (Wildman–Crippen LogP) is 8.04. The lowest BCUT2D eigenvalue weighted by Crippen LogP contribution is -2.47. The number of ether oxygens (including phenoxy) is 2. The van der Waals surface area contributed by atoms with Crippen LogP contribution in [-0.2, 0) is 14.3 Å². The lowest BCUT2D eigenvalue weighted by molar-refractivity contribution is -0.188. The molecule has 0 saturated carbocycles. The van der Waals surface area contributed by atoms with Gasteiger partial charge < -0.3 is 9.47 Å². The summed E-state index contributed by atoms with van der Waals surface area (Å²) in [6.07, 6.45) is 18.1. The van der Waals surface area contributed by atoms with Crippen molar-refractivity contribution in [2.45, 2.75) is 129 Å². The number of esters is 2. The van der Waals surface area contributed by atoms with Gasteiger partial charge in [-0.2, -0.15) is 0 Å². The first-order valence-electron chi connectivity index (χ1n) is 13.6. The normalized spacial score (nSPS) is 18.4. The second kappa shape index (κ2) is 16.7. The third-order valence-electron chi connectivity index (χ3n) is 6.80. The fraction of sp³-hybridized carbons (Fsp3) is 0.724. The van der Waals surface area contributed by atoms with Crippen molar-refractivity contribution >= 4 is 11.9 Å². The van der Waals surface area contributed by atoms with E-state index in [2.05, 4.69) is 13.8 Å². The number of unbranched alkanes of at least 4 members (excludes halogenated alkanes) is 11. The van der Waals surface area contributed by atoms with Crippen molar-refractivity contribution in [2.24, 2.45) is 5.92 Å². The Morgan fingerprint density at radius 2 is 1.42 bits per heavy atom. The molecule has 0 spiro atoms. The van der Waals surface area contributed by atoms with Gasteiger partial charge in [-0.3, -0.25) is 4.79 Å². The molecule has 0 unspecified atom stereocenters.